The predicted molar refractivity (Wildman–Crippen MR) is 130 cm³/mol. The number of hydrogen-bond donors (Lipinski definition) is 2. The van der Waals surface area contributed by atoms with Crippen LogP contribution in [0.3, 0.4) is 0 Å². The largest absolute Gasteiger partial charge is 0.433 e. The van der Waals surface area contributed by atoms with E-state index in [0.29, 0.717) is 17.1 Å². The van der Waals surface area contributed by atoms with E-state index >= 15 is 0 Å². The normalized spacial score (nSPS) is 13.3. The molecule has 0 unspecified atom stereocenters. The number of anilines is 1. The van der Waals surface area contributed by atoms with Crippen LogP contribution in [0.2, 0.25) is 0 Å². The van der Waals surface area contributed by atoms with Crippen molar-refractivity contribution in [3.8, 4) is 0 Å². The third kappa shape index (κ3) is 6.40. The van der Waals surface area contributed by atoms with E-state index in [0.717, 1.165) is 59.5 Å². The molecule has 1 aromatic carbocycles. The Labute approximate surface area is 208 Å². The molecule has 0 bridgehead atoms. The molecule has 2 N–H and O–H groups in total. The maximum absolute atomic E-state index is 13.1. The molecule has 11 heteroatoms. The van der Waals surface area contributed by atoms with E-state index in [1.165, 1.54) is 18.3 Å². The van der Waals surface area contributed by atoms with Gasteiger partial charge in [0.15, 0.2) is 5.16 Å². The number of fused-ring (bicyclic) bond motifs is 1. The number of halogens is 3. The first-order chi connectivity index (χ1) is 16.7. The Kier molecular flexibility index (Phi) is 7.75. The van der Waals surface area contributed by atoms with Crippen molar-refractivity contribution >= 4 is 39.9 Å². The molecule has 184 valence electrons. The van der Waals surface area contributed by atoms with Gasteiger partial charge in [0.05, 0.1) is 11.3 Å². The molecule has 0 fully saturated rings. The second kappa shape index (κ2) is 10.8. The summed E-state index contributed by atoms with van der Waals surface area (Å²) in [6.07, 6.45) is -0.988. The zero-order valence-electron chi connectivity index (χ0n) is 18.9. The van der Waals surface area contributed by atoms with Gasteiger partial charge in [-0.2, -0.15) is 13.2 Å². The summed E-state index contributed by atoms with van der Waals surface area (Å²) in [7, 11) is 0. The highest BCUT2D eigenvalue weighted by molar-refractivity contribution is 7.99. The molecule has 4 rings (SSSR count). The number of carbonyl (C=O) groups is 2. The second-order valence-electron chi connectivity index (χ2n) is 8.10. The second-order valence-corrected chi connectivity index (χ2v) is 10.1. The van der Waals surface area contributed by atoms with Crippen LogP contribution < -0.4 is 10.6 Å². The van der Waals surface area contributed by atoms with Crippen molar-refractivity contribution in [2.24, 2.45) is 0 Å². The van der Waals surface area contributed by atoms with E-state index < -0.39 is 17.8 Å². The number of alkyl halides is 3. The van der Waals surface area contributed by atoms with Crippen molar-refractivity contribution in [3.63, 3.8) is 0 Å². The summed E-state index contributed by atoms with van der Waals surface area (Å²) < 4.78 is 39.1. The molecule has 0 aliphatic heterocycles. The standard InChI is InChI=1S/C24H23F3N4O2S2/c1-14-11-18(24(25,26)27)30-23(29-14)34-13-19(32)31-22-20(16-9-5-6-10-17(16)35-22)21(33)28-12-15-7-3-2-4-8-15/h2-4,7-8,11H,5-6,9-10,12-13H2,1H3,(H,28,33)(H,31,32). The lowest BCUT2D eigenvalue weighted by Gasteiger charge is -2.13. The minimum absolute atomic E-state index is 0.126. The summed E-state index contributed by atoms with van der Waals surface area (Å²) in [5, 5.41) is 6.07. The third-order valence-corrected chi connectivity index (χ3v) is 7.46. The van der Waals surface area contributed by atoms with E-state index in [2.05, 4.69) is 20.6 Å². The van der Waals surface area contributed by atoms with E-state index in [9.17, 15) is 22.8 Å². The molecule has 1 aliphatic carbocycles. The quantitative estimate of drug-likeness (QED) is 0.322. The van der Waals surface area contributed by atoms with Crippen molar-refractivity contribution in [1.29, 1.82) is 0 Å². The molecular weight excluding hydrogens is 497 g/mol. The lowest BCUT2D eigenvalue weighted by Crippen LogP contribution is -2.25. The molecular formula is C24H23F3N4O2S2. The first-order valence-corrected chi connectivity index (χ1v) is 12.8. The number of nitrogens with one attached hydrogen (secondary N) is 2. The van der Waals surface area contributed by atoms with Crippen molar-refractivity contribution in [2.75, 3.05) is 11.1 Å². The molecule has 0 atom stereocenters. The molecule has 0 saturated heterocycles. The highest BCUT2D eigenvalue weighted by Gasteiger charge is 2.33. The van der Waals surface area contributed by atoms with Gasteiger partial charge in [-0.05, 0) is 49.8 Å². The fourth-order valence-corrected chi connectivity index (χ4v) is 5.81. The number of benzene rings is 1. The highest BCUT2D eigenvalue weighted by Crippen LogP contribution is 2.38. The zero-order chi connectivity index (χ0) is 25.0. The minimum atomic E-state index is -4.59. The summed E-state index contributed by atoms with van der Waals surface area (Å²) in [5.41, 5.74) is 1.52. The number of thioether (sulfide) groups is 1. The Morgan fingerprint density at radius 3 is 2.60 bits per heavy atom. The van der Waals surface area contributed by atoms with E-state index in [-0.39, 0.29) is 22.5 Å². The lowest BCUT2D eigenvalue weighted by atomic mass is 9.95. The van der Waals surface area contributed by atoms with E-state index in [1.807, 2.05) is 30.3 Å². The van der Waals surface area contributed by atoms with Gasteiger partial charge in [-0.15, -0.1) is 11.3 Å². The molecule has 35 heavy (non-hydrogen) atoms. The Balaban J connectivity index is 1.47. The van der Waals surface area contributed by atoms with Crippen molar-refractivity contribution in [3.05, 3.63) is 69.4 Å². The molecule has 2 amide bonds. The molecule has 0 saturated carbocycles. The predicted octanol–water partition coefficient (Wildman–Crippen LogP) is 5.40. The van der Waals surface area contributed by atoms with Crippen LogP contribution in [0.5, 0.6) is 0 Å². The first-order valence-electron chi connectivity index (χ1n) is 11.0. The Bertz CT molecular complexity index is 1230. The average molecular weight is 521 g/mol. The van der Waals surface area contributed by atoms with Crippen LogP contribution in [0.1, 0.15) is 50.6 Å². The fraction of sp³-hybridized carbons (Fsp3) is 0.333. The van der Waals surface area contributed by atoms with Crippen molar-refractivity contribution in [1.82, 2.24) is 15.3 Å². The summed E-state index contributed by atoms with van der Waals surface area (Å²) >= 11 is 2.21. The topological polar surface area (TPSA) is 84.0 Å². The van der Waals surface area contributed by atoms with Crippen LogP contribution in [0, 0.1) is 6.92 Å². The first kappa shape index (κ1) is 25.2. The highest BCUT2D eigenvalue weighted by atomic mass is 32.2. The van der Waals surface area contributed by atoms with Crippen LogP contribution in [0.15, 0.2) is 41.6 Å². The number of amides is 2. The Morgan fingerprint density at radius 1 is 1.11 bits per heavy atom. The molecule has 2 aromatic heterocycles. The van der Waals surface area contributed by atoms with Gasteiger partial charge in [0, 0.05) is 17.1 Å². The molecule has 6 nitrogen and oxygen atoms in total. The van der Waals surface area contributed by atoms with Gasteiger partial charge < -0.3 is 10.6 Å². The van der Waals surface area contributed by atoms with Gasteiger partial charge in [-0.25, -0.2) is 9.97 Å². The van der Waals surface area contributed by atoms with Crippen LogP contribution >= 0.6 is 23.1 Å². The number of aromatic nitrogens is 2. The van der Waals surface area contributed by atoms with Crippen LogP contribution in [0.4, 0.5) is 18.2 Å². The molecule has 3 aromatic rings. The third-order valence-electron chi connectivity index (χ3n) is 5.40. The number of carbonyl (C=O) groups excluding carboxylic acids is 2. The molecule has 0 spiro atoms. The summed E-state index contributed by atoms with van der Waals surface area (Å²) in [4.78, 5) is 34.4. The number of thiophene rings is 1. The summed E-state index contributed by atoms with van der Waals surface area (Å²) in [5.74, 6) is -0.883. The molecule has 0 radical (unpaired) electrons. The van der Waals surface area contributed by atoms with E-state index in [4.69, 9.17) is 0 Å². The zero-order valence-corrected chi connectivity index (χ0v) is 20.5. The number of rotatable bonds is 7. The van der Waals surface area contributed by atoms with Crippen LogP contribution in [-0.4, -0.2) is 27.5 Å². The van der Waals surface area contributed by atoms with Crippen LogP contribution in [-0.2, 0) is 30.4 Å². The average Bonchev–Trinajstić information content (AvgIpc) is 3.19. The SMILES string of the molecule is Cc1cc(C(F)(F)F)nc(SCC(=O)Nc2sc3c(c2C(=O)NCc2ccccc2)CCCC3)n1. The van der Waals surface area contributed by atoms with Gasteiger partial charge in [0.25, 0.3) is 5.91 Å². The lowest BCUT2D eigenvalue weighted by molar-refractivity contribution is -0.141. The smallest absolute Gasteiger partial charge is 0.348 e. The van der Waals surface area contributed by atoms with Gasteiger partial charge in [-0.3, -0.25) is 9.59 Å². The number of nitrogens with zero attached hydrogens (tertiary/aromatic N) is 2. The fourth-order valence-electron chi connectivity index (χ4n) is 3.80. The maximum atomic E-state index is 13.1. The molecule has 1 aliphatic rings. The van der Waals surface area contributed by atoms with Crippen molar-refractivity contribution in [2.45, 2.75) is 50.5 Å². The van der Waals surface area contributed by atoms with Gasteiger partial charge in [0.2, 0.25) is 5.91 Å². The summed E-state index contributed by atoms with van der Waals surface area (Å²) in [6, 6.07) is 10.4. The monoisotopic (exact) mass is 520 g/mol. The minimum Gasteiger partial charge on any atom is -0.348 e. The summed E-state index contributed by atoms with van der Waals surface area (Å²) in [6.45, 7) is 1.80. The number of aryl methyl sites for hydroxylation is 2. The van der Waals surface area contributed by atoms with Gasteiger partial charge >= 0.3 is 6.18 Å². The molecule has 2 heterocycles. The Hall–Kier alpha value is -2.92. The Morgan fingerprint density at radius 2 is 1.86 bits per heavy atom. The van der Waals surface area contributed by atoms with Gasteiger partial charge in [0.1, 0.15) is 10.7 Å². The maximum Gasteiger partial charge on any atom is 0.433 e. The van der Waals surface area contributed by atoms with Crippen LogP contribution in [0.25, 0.3) is 0 Å². The number of hydrogen-bond acceptors (Lipinski definition) is 6. The van der Waals surface area contributed by atoms with E-state index in [1.54, 1.807) is 0 Å². The van der Waals surface area contributed by atoms with Crippen molar-refractivity contribution < 1.29 is 22.8 Å². The van der Waals surface area contributed by atoms with Gasteiger partial charge in [-0.1, -0.05) is 42.1 Å².